The highest BCUT2D eigenvalue weighted by Gasteiger charge is 2.17. The van der Waals surface area contributed by atoms with Gasteiger partial charge in [0, 0.05) is 16.9 Å². The summed E-state index contributed by atoms with van der Waals surface area (Å²) in [6.07, 6.45) is 0. The lowest BCUT2D eigenvalue weighted by molar-refractivity contribution is 0.466. The Balaban J connectivity index is 1.67. The molecule has 0 atom stereocenters. The van der Waals surface area contributed by atoms with E-state index in [0.29, 0.717) is 11.0 Å². The van der Waals surface area contributed by atoms with Crippen molar-refractivity contribution in [1.29, 1.82) is 0 Å². The van der Waals surface area contributed by atoms with Crippen LogP contribution in [0.5, 0.6) is 0 Å². The first-order valence-electron chi connectivity index (χ1n) is 8.28. The van der Waals surface area contributed by atoms with Gasteiger partial charge in [-0.05, 0) is 17.7 Å². The summed E-state index contributed by atoms with van der Waals surface area (Å²) in [5, 5.41) is 0.576. The van der Waals surface area contributed by atoms with Crippen molar-refractivity contribution in [3.05, 3.63) is 96.3 Å². The fourth-order valence-corrected chi connectivity index (χ4v) is 3.48. The number of aromatic nitrogens is 1. The maximum absolute atomic E-state index is 13.4. The summed E-state index contributed by atoms with van der Waals surface area (Å²) in [7, 11) is 0. The number of hydrogen-bond donors (Lipinski definition) is 0. The number of rotatable bonds is 5. The van der Waals surface area contributed by atoms with Crippen LogP contribution in [0.2, 0.25) is 0 Å². The van der Waals surface area contributed by atoms with Gasteiger partial charge in [-0.1, -0.05) is 84.6 Å². The van der Waals surface area contributed by atoms with E-state index in [2.05, 4.69) is 0 Å². The minimum absolute atomic E-state index is 0.231. The van der Waals surface area contributed by atoms with Crippen LogP contribution >= 0.6 is 11.8 Å². The number of benzene rings is 3. The Labute approximate surface area is 155 Å². The molecule has 0 saturated carbocycles. The summed E-state index contributed by atoms with van der Waals surface area (Å²) < 4.78 is 19.4. The molecule has 0 unspecified atom stereocenters. The number of thioether (sulfide) groups is 1. The fraction of sp³-hybridized carbons (Fsp3) is 0.0455. The monoisotopic (exact) mass is 361 g/mol. The van der Waals surface area contributed by atoms with Gasteiger partial charge in [-0.25, -0.2) is 9.37 Å². The lowest BCUT2D eigenvalue weighted by Crippen LogP contribution is -1.83. The van der Waals surface area contributed by atoms with Gasteiger partial charge in [-0.3, -0.25) is 0 Å². The van der Waals surface area contributed by atoms with Crippen LogP contribution in [0.15, 0.2) is 94.6 Å². The molecule has 0 saturated heterocycles. The van der Waals surface area contributed by atoms with Crippen LogP contribution in [0.25, 0.3) is 22.6 Å². The van der Waals surface area contributed by atoms with Crippen LogP contribution in [0, 0.1) is 5.82 Å². The molecule has 0 radical (unpaired) electrons. The largest absolute Gasteiger partial charge is 0.431 e. The van der Waals surface area contributed by atoms with Gasteiger partial charge in [-0.15, -0.1) is 0 Å². The second-order valence-electron chi connectivity index (χ2n) is 5.81. The third-order valence-electron chi connectivity index (χ3n) is 3.94. The normalized spacial score (nSPS) is 10.8. The number of halogens is 1. The summed E-state index contributed by atoms with van der Waals surface area (Å²) in [6, 6.07) is 26.5. The van der Waals surface area contributed by atoms with Crippen molar-refractivity contribution >= 4 is 11.8 Å². The van der Waals surface area contributed by atoms with E-state index < -0.39 is 0 Å². The molecular weight excluding hydrogens is 345 g/mol. The molecule has 4 heteroatoms. The molecule has 128 valence electrons. The molecule has 0 aliphatic rings. The Bertz CT molecular complexity index is 942. The average molecular weight is 361 g/mol. The third kappa shape index (κ3) is 3.70. The van der Waals surface area contributed by atoms with Gasteiger partial charge in [0.05, 0.1) is 0 Å². The maximum atomic E-state index is 13.4. The zero-order valence-electron chi connectivity index (χ0n) is 13.9. The molecule has 2 nitrogen and oxygen atoms in total. The Kier molecular flexibility index (Phi) is 4.84. The molecule has 4 rings (SSSR count). The van der Waals surface area contributed by atoms with Crippen molar-refractivity contribution in [2.24, 2.45) is 0 Å². The molecule has 0 aliphatic carbocycles. The van der Waals surface area contributed by atoms with Gasteiger partial charge in [0.25, 0.3) is 5.22 Å². The molecule has 0 amide bonds. The lowest BCUT2D eigenvalue weighted by Gasteiger charge is -2.00. The Morgan fingerprint density at radius 3 is 2.19 bits per heavy atom. The predicted octanol–water partition coefficient (Wildman–Crippen LogP) is 6.44. The first-order valence-corrected chi connectivity index (χ1v) is 9.27. The quantitative estimate of drug-likeness (QED) is 0.383. The van der Waals surface area contributed by atoms with Crippen molar-refractivity contribution in [2.75, 3.05) is 0 Å². The maximum Gasteiger partial charge on any atom is 0.257 e. The standard InChI is InChI=1S/C22H16FNOS/c23-19-13-7-8-16(14-19)15-26-22-24-20(17-9-3-1-4-10-17)21(25-22)18-11-5-2-6-12-18/h1-14H,15H2. The van der Waals surface area contributed by atoms with Crippen molar-refractivity contribution in [3.63, 3.8) is 0 Å². The highest BCUT2D eigenvalue weighted by Crippen LogP contribution is 2.36. The molecular formula is C22H16FNOS. The van der Waals surface area contributed by atoms with Crippen molar-refractivity contribution in [2.45, 2.75) is 11.0 Å². The zero-order valence-corrected chi connectivity index (χ0v) is 14.7. The van der Waals surface area contributed by atoms with Crippen molar-refractivity contribution in [1.82, 2.24) is 4.98 Å². The number of nitrogens with zero attached hydrogens (tertiary/aromatic N) is 1. The van der Waals surface area contributed by atoms with Gasteiger partial charge < -0.3 is 4.42 Å². The SMILES string of the molecule is Fc1cccc(CSc2nc(-c3ccccc3)c(-c3ccccc3)o2)c1. The number of hydrogen-bond acceptors (Lipinski definition) is 3. The Hall–Kier alpha value is -2.85. The van der Waals surface area contributed by atoms with Crippen LogP contribution in [0.1, 0.15) is 5.56 Å². The van der Waals surface area contributed by atoms with Gasteiger partial charge >= 0.3 is 0 Å². The molecule has 26 heavy (non-hydrogen) atoms. The topological polar surface area (TPSA) is 26.0 Å². The number of oxazole rings is 1. The second-order valence-corrected chi connectivity index (χ2v) is 6.73. The van der Waals surface area contributed by atoms with Gasteiger partial charge in [-0.2, -0.15) is 0 Å². The Morgan fingerprint density at radius 1 is 0.808 bits per heavy atom. The van der Waals surface area contributed by atoms with Crippen LogP contribution in [0.3, 0.4) is 0 Å². The molecule has 1 aromatic heterocycles. The summed E-state index contributed by atoms with van der Waals surface area (Å²) in [5.41, 5.74) is 3.71. The average Bonchev–Trinajstić information content (AvgIpc) is 3.12. The van der Waals surface area contributed by atoms with E-state index in [0.717, 1.165) is 28.1 Å². The molecule has 1 heterocycles. The molecule has 4 aromatic rings. The van der Waals surface area contributed by atoms with Crippen molar-refractivity contribution in [3.8, 4) is 22.6 Å². The highest BCUT2D eigenvalue weighted by atomic mass is 32.2. The summed E-state index contributed by atoms with van der Waals surface area (Å²) in [6.45, 7) is 0. The first-order chi connectivity index (χ1) is 12.8. The molecule has 3 aromatic carbocycles. The molecule has 0 N–H and O–H groups in total. The van der Waals surface area contributed by atoms with Gasteiger partial charge in [0.15, 0.2) is 5.76 Å². The summed E-state index contributed by atoms with van der Waals surface area (Å²) >= 11 is 1.46. The minimum atomic E-state index is -0.231. The van der Waals surface area contributed by atoms with Crippen molar-refractivity contribution < 1.29 is 8.81 Å². The van der Waals surface area contributed by atoms with Crippen LogP contribution in [-0.4, -0.2) is 4.98 Å². The van der Waals surface area contributed by atoms with E-state index in [-0.39, 0.29) is 5.82 Å². The van der Waals surface area contributed by atoms with E-state index >= 15 is 0 Å². The van der Waals surface area contributed by atoms with Gasteiger partial charge in [0.1, 0.15) is 11.5 Å². The molecule has 0 fully saturated rings. The van der Waals surface area contributed by atoms with Crippen LogP contribution in [-0.2, 0) is 5.75 Å². The Morgan fingerprint density at radius 2 is 1.50 bits per heavy atom. The van der Waals surface area contributed by atoms with E-state index in [1.165, 1.54) is 23.9 Å². The first kappa shape index (κ1) is 16.6. The predicted molar refractivity (Wildman–Crippen MR) is 103 cm³/mol. The van der Waals surface area contributed by atoms with E-state index in [1.54, 1.807) is 6.07 Å². The molecule has 0 aliphatic heterocycles. The highest BCUT2D eigenvalue weighted by molar-refractivity contribution is 7.98. The zero-order chi connectivity index (χ0) is 17.8. The molecule has 0 bridgehead atoms. The van der Waals surface area contributed by atoms with E-state index in [1.807, 2.05) is 66.7 Å². The van der Waals surface area contributed by atoms with E-state index in [4.69, 9.17) is 9.40 Å². The third-order valence-corrected chi connectivity index (χ3v) is 4.84. The lowest BCUT2D eigenvalue weighted by atomic mass is 10.1. The van der Waals surface area contributed by atoms with Gasteiger partial charge in [0.2, 0.25) is 0 Å². The minimum Gasteiger partial charge on any atom is -0.431 e. The van der Waals surface area contributed by atoms with Crippen LogP contribution in [0.4, 0.5) is 4.39 Å². The summed E-state index contributed by atoms with van der Waals surface area (Å²) in [5.74, 6) is 1.12. The van der Waals surface area contributed by atoms with E-state index in [9.17, 15) is 4.39 Å². The molecule has 0 spiro atoms. The van der Waals surface area contributed by atoms with Crippen LogP contribution < -0.4 is 0 Å². The second kappa shape index (κ2) is 7.58. The summed E-state index contributed by atoms with van der Waals surface area (Å²) in [4.78, 5) is 4.70. The fourth-order valence-electron chi connectivity index (χ4n) is 2.71. The smallest absolute Gasteiger partial charge is 0.257 e.